The molecule has 2 aromatic rings. The van der Waals surface area contributed by atoms with Crippen molar-refractivity contribution < 1.29 is 9.53 Å². The van der Waals surface area contributed by atoms with Gasteiger partial charge in [-0.25, -0.2) is 4.79 Å². The van der Waals surface area contributed by atoms with Crippen molar-refractivity contribution in [1.29, 1.82) is 0 Å². The van der Waals surface area contributed by atoms with Crippen molar-refractivity contribution >= 4 is 5.97 Å². The summed E-state index contributed by atoms with van der Waals surface area (Å²) in [6, 6.07) is 18.5. The highest BCUT2D eigenvalue weighted by Gasteiger charge is 2.43. The van der Waals surface area contributed by atoms with Crippen molar-refractivity contribution in [1.82, 2.24) is 4.90 Å². The zero-order valence-corrected chi connectivity index (χ0v) is 15.8. The van der Waals surface area contributed by atoms with Gasteiger partial charge in [0, 0.05) is 6.54 Å². The number of fused-ring (bicyclic) bond motifs is 1. The average Bonchev–Trinajstić information content (AvgIpc) is 3.06. The molecule has 0 aromatic heterocycles. The highest BCUT2D eigenvalue weighted by Crippen LogP contribution is 2.36. The molecule has 0 spiro atoms. The molecule has 0 radical (unpaired) electrons. The van der Waals surface area contributed by atoms with Crippen molar-refractivity contribution in [2.45, 2.75) is 37.8 Å². The van der Waals surface area contributed by atoms with Gasteiger partial charge in [0.1, 0.15) is 5.54 Å². The summed E-state index contributed by atoms with van der Waals surface area (Å²) in [6.45, 7) is 3.58. The number of rotatable bonds is 5. The zero-order valence-electron chi connectivity index (χ0n) is 15.8. The van der Waals surface area contributed by atoms with E-state index >= 15 is 0 Å². The summed E-state index contributed by atoms with van der Waals surface area (Å²) in [5.74, 6) is 0.167. The van der Waals surface area contributed by atoms with E-state index in [9.17, 15) is 4.79 Å². The van der Waals surface area contributed by atoms with Crippen LogP contribution in [0.25, 0.3) is 0 Å². The largest absolute Gasteiger partial charge is 0.464 e. The third-order valence-electron chi connectivity index (χ3n) is 6.06. The van der Waals surface area contributed by atoms with Crippen molar-refractivity contribution in [2.75, 3.05) is 19.7 Å². The first-order valence-electron chi connectivity index (χ1n) is 9.96. The Morgan fingerprint density at radius 3 is 2.56 bits per heavy atom. The number of carbonyl (C=O) groups is 1. The summed E-state index contributed by atoms with van der Waals surface area (Å²) >= 11 is 0. The number of piperidine rings is 1. The van der Waals surface area contributed by atoms with E-state index < -0.39 is 5.54 Å². The number of aryl methyl sites for hydroxylation is 1. The topological polar surface area (TPSA) is 55.6 Å². The number of hydrogen-bond acceptors (Lipinski definition) is 4. The molecule has 1 aliphatic carbocycles. The fourth-order valence-corrected chi connectivity index (χ4v) is 4.33. The number of esters is 1. The zero-order chi connectivity index (χ0) is 18.7. The first-order chi connectivity index (χ1) is 13.1. The standard InChI is InChI=1S/C23H28N2O2/c24-23(13-10-20-8-4-5-9-21(20)23)22(26)27-17-19-11-14-25(15-12-19)16-18-6-2-1-3-7-18/h1-9,19H,10-17,24H2. The second kappa shape index (κ2) is 7.83. The highest BCUT2D eigenvalue weighted by molar-refractivity contribution is 5.84. The summed E-state index contributed by atoms with van der Waals surface area (Å²) in [5, 5.41) is 0. The van der Waals surface area contributed by atoms with E-state index in [0.717, 1.165) is 44.5 Å². The molecule has 1 unspecified atom stereocenters. The molecular weight excluding hydrogens is 336 g/mol. The molecule has 0 saturated carbocycles. The van der Waals surface area contributed by atoms with Gasteiger partial charge in [-0.2, -0.15) is 0 Å². The number of benzene rings is 2. The third-order valence-corrected chi connectivity index (χ3v) is 6.06. The van der Waals surface area contributed by atoms with Crippen molar-refractivity contribution in [2.24, 2.45) is 11.7 Å². The average molecular weight is 364 g/mol. The summed E-state index contributed by atoms with van der Waals surface area (Å²) in [6.07, 6.45) is 3.61. The van der Waals surface area contributed by atoms with E-state index in [0.29, 0.717) is 18.9 Å². The molecule has 0 amide bonds. The Morgan fingerprint density at radius 2 is 1.78 bits per heavy atom. The quantitative estimate of drug-likeness (QED) is 0.828. The molecule has 0 bridgehead atoms. The summed E-state index contributed by atoms with van der Waals surface area (Å²) < 4.78 is 5.70. The lowest BCUT2D eigenvalue weighted by Crippen LogP contribution is -2.45. The highest BCUT2D eigenvalue weighted by atomic mass is 16.5. The number of likely N-dealkylation sites (tertiary alicyclic amines) is 1. The molecule has 1 fully saturated rings. The smallest absolute Gasteiger partial charge is 0.330 e. The van der Waals surface area contributed by atoms with Crippen LogP contribution in [0.3, 0.4) is 0 Å². The summed E-state index contributed by atoms with van der Waals surface area (Å²) in [7, 11) is 0. The van der Waals surface area contributed by atoms with Crippen LogP contribution < -0.4 is 5.73 Å². The van der Waals surface area contributed by atoms with E-state index in [-0.39, 0.29) is 5.97 Å². The van der Waals surface area contributed by atoms with E-state index in [1.807, 2.05) is 18.2 Å². The molecule has 1 atom stereocenters. The van der Waals surface area contributed by atoms with E-state index in [1.54, 1.807) is 0 Å². The maximum atomic E-state index is 12.7. The van der Waals surface area contributed by atoms with Crippen molar-refractivity contribution in [3.05, 3.63) is 71.3 Å². The Kier molecular flexibility index (Phi) is 5.28. The maximum absolute atomic E-state index is 12.7. The predicted octanol–water partition coefficient (Wildman–Crippen LogP) is 3.24. The van der Waals surface area contributed by atoms with Crippen LogP contribution in [0.1, 0.15) is 36.0 Å². The van der Waals surface area contributed by atoms with Gasteiger partial charge < -0.3 is 10.5 Å². The Labute approximate surface area is 161 Å². The van der Waals surface area contributed by atoms with Crippen molar-refractivity contribution in [3.63, 3.8) is 0 Å². The van der Waals surface area contributed by atoms with Crippen LogP contribution in [0.2, 0.25) is 0 Å². The van der Waals surface area contributed by atoms with Gasteiger partial charge in [-0.05, 0) is 61.4 Å². The lowest BCUT2D eigenvalue weighted by molar-refractivity contribution is -0.152. The van der Waals surface area contributed by atoms with Crippen LogP contribution in [-0.4, -0.2) is 30.6 Å². The van der Waals surface area contributed by atoms with E-state index in [1.165, 1.54) is 11.1 Å². The van der Waals surface area contributed by atoms with Gasteiger partial charge in [0.2, 0.25) is 0 Å². The first-order valence-corrected chi connectivity index (χ1v) is 9.96. The van der Waals surface area contributed by atoms with Crippen molar-refractivity contribution in [3.8, 4) is 0 Å². The van der Waals surface area contributed by atoms with Gasteiger partial charge in [-0.1, -0.05) is 54.6 Å². The van der Waals surface area contributed by atoms with E-state index in [2.05, 4.69) is 41.3 Å². The lowest BCUT2D eigenvalue weighted by atomic mass is 9.93. The minimum absolute atomic E-state index is 0.265. The molecule has 2 aliphatic rings. The minimum Gasteiger partial charge on any atom is -0.464 e. The minimum atomic E-state index is -0.968. The second-order valence-corrected chi connectivity index (χ2v) is 7.93. The normalized spacial score (nSPS) is 23.1. The lowest BCUT2D eigenvalue weighted by Gasteiger charge is -2.32. The molecule has 1 heterocycles. The molecule has 1 saturated heterocycles. The van der Waals surface area contributed by atoms with Crippen LogP contribution in [0, 0.1) is 5.92 Å². The molecule has 2 aromatic carbocycles. The fraction of sp³-hybridized carbons (Fsp3) is 0.435. The second-order valence-electron chi connectivity index (χ2n) is 7.93. The van der Waals surface area contributed by atoms with Crippen LogP contribution in [0.15, 0.2) is 54.6 Å². The van der Waals surface area contributed by atoms with Crippen LogP contribution in [0.4, 0.5) is 0 Å². The Bertz CT molecular complexity index is 784. The number of nitrogens with two attached hydrogens (primary N) is 1. The van der Waals surface area contributed by atoms with Crippen LogP contribution in [-0.2, 0) is 28.0 Å². The maximum Gasteiger partial charge on any atom is 0.330 e. The van der Waals surface area contributed by atoms with E-state index in [4.69, 9.17) is 10.5 Å². The van der Waals surface area contributed by atoms with Crippen LogP contribution in [0.5, 0.6) is 0 Å². The first kappa shape index (κ1) is 18.2. The van der Waals surface area contributed by atoms with Gasteiger partial charge >= 0.3 is 5.97 Å². The molecular formula is C23H28N2O2. The monoisotopic (exact) mass is 364 g/mol. The SMILES string of the molecule is NC1(C(=O)OCC2CCN(Cc3ccccc3)CC2)CCc2ccccc21. The van der Waals surface area contributed by atoms with Gasteiger partial charge in [0.15, 0.2) is 0 Å². The molecule has 4 nitrogen and oxygen atoms in total. The van der Waals surface area contributed by atoms with Gasteiger partial charge in [0.05, 0.1) is 6.61 Å². The molecule has 27 heavy (non-hydrogen) atoms. The number of hydrogen-bond donors (Lipinski definition) is 1. The number of carbonyl (C=O) groups excluding carboxylic acids is 1. The summed E-state index contributed by atoms with van der Waals surface area (Å²) in [4.78, 5) is 15.2. The van der Waals surface area contributed by atoms with Gasteiger partial charge in [-0.3, -0.25) is 4.90 Å². The molecule has 1 aliphatic heterocycles. The molecule has 142 valence electrons. The Hall–Kier alpha value is -2.17. The molecule has 2 N–H and O–H groups in total. The Morgan fingerprint density at radius 1 is 1.07 bits per heavy atom. The molecule has 4 rings (SSSR count). The van der Waals surface area contributed by atoms with Gasteiger partial charge in [-0.15, -0.1) is 0 Å². The van der Waals surface area contributed by atoms with Gasteiger partial charge in [0.25, 0.3) is 0 Å². The Balaban J connectivity index is 1.26. The number of nitrogens with zero attached hydrogens (tertiary/aromatic N) is 1. The fourth-order valence-electron chi connectivity index (χ4n) is 4.33. The number of ether oxygens (including phenoxy) is 1. The molecule has 4 heteroatoms. The summed E-state index contributed by atoms with van der Waals surface area (Å²) in [5.41, 5.74) is 8.95. The third kappa shape index (κ3) is 3.92. The van der Waals surface area contributed by atoms with Crippen LogP contribution >= 0.6 is 0 Å². The predicted molar refractivity (Wildman–Crippen MR) is 106 cm³/mol.